The van der Waals surface area contributed by atoms with Gasteiger partial charge in [-0.15, -0.1) is 0 Å². The van der Waals surface area contributed by atoms with Crippen LogP contribution < -0.4 is 5.32 Å². The van der Waals surface area contributed by atoms with E-state index < -0.39 is 0 Å². The van der Waals surface area contributed by atoms with Crippen molar-refractivity contribution < 1.29 is 4.79 Å². The first kappa shape index (κ1) is 20.1. The monoisotopic (exact) mass is 449 g/mol. The van der Waals surface area contributed by atoms with Gasteiger partial charge in [-0.3, -0.25) is 4.79 Å². The predicted molar refractivity (Wildman–Crippen MR) is 114 cm³/mol. The summed E-state index contributed by atoms with van der Waals surface area (Å²) in [6.07, 6.45) is 0.969. The summed E-state index contributed by atoms with van der Waals surface area (Å²) in [5, 5.41) is 3.57. The molecule has 0 saturated heterocycles. The minimum Gasteiger partial charge on any atom is -0.313 e. The topological polar surface area (TPSA) is 29.1 Å². The van der Waals surface area contributed by atoms with Gasteiger partial charge >= 0.3 is 0 Å². The van der Waals surface area contributed by atoms with Gasteiger partial charge < -0.3 is 5.32 Å². The van der Waals surface area contributed by atoms with Crippen LogP contribution in [0.4, 0.5) is 0 Å². The van der Waals surface area contributed by atoms with Gasteiger partial charge in [0.05, 0.1) is 5.92 Å². The van der Waals surface area contributed by atoms with Crippen LogP contribution in [0.15, 0.2) is 54.6 Å². The molecule has 2 aromatic carbocycles. The Kier molecular flexibility index (Phi) is 8.10. The van der Waals surface area contributed by atoms with E-state index in [-0.39, 0.29) is 11.8 Å². The van der Waals surface area contributed by atoms with Crippen LogP contribution in [0.1, 0.15) is 43.4 Å². The number of halogens is 1. The molecule has 0 aliphatic carbocycles. The predicted octanol–water partition coefficient (Wildman–Crippen LogP) is 5.15. The van der Waals surface area contributed by atoms with Gasteiger partial charge in [0.15, 0.2) is 0 Å². The van der Waals surface area contributed by atoms with Crippen molar-refractivity contribution in [1.82, 2.24) is 5.32 Å². The normalized spacial score (nSPS) is 13.6. The van der Waals surface area contributed by atoms with Gasteiger partial charge in [0.25, 0.3) is 0 Å². The van der Waals surface area contributed by atoms with Crippen molar-refractivity contribution in [3.63, 3.8) is 0 Å². The third-order valence-electron chi connectivity index (χ3n) is 4.50. The summed E-state index contributed by atoms with van der Waals surface area (Å²) in [5.74, 6) is 0.267. The summed E-state index contributed by atoms with van der Waals surface area (Å²) < 4.78 is 0.993. The molecule has 0 spiro atoms. The molecule has 0 aliphatic heterocycles. The highest BCUT2D eigenvalue weighted by atomic mass is 127. The second-order valence-corrected chi connectivity index (χ2v) is 7.75. The molecule has 0 saturated carbocycles. The molecule has 0 fully saturated rings. The standard InChI is InChI=1S/C22H28INO/c1-16(2)22(25)21(20-11-9-19(14-23)10-12-20)15-24-17(3)13-18-7-5-4-6-8-18/h4-12,16-17,21,24H,13-15H2,1-3H3/t17-,21?/m1/s1. The smallest absolute Gasteiger partial charge is 0.144 e. The molecule has 0 aliphatic rings. The van der Waals surface area contributed by atoms with Gasteiger partial charge in [0, 0.05) is 22.9 Å². The van der Waals surface area contributed by atoms with Crippen LogP contribution in [0, 0.1) is 5.92 Å². The van der Waals surface area contributed by atoms with Gasteiger partial charge in [-0.25, -0.2) is 0 Å². The van der Waals surface area contributed by atoms with Crippen LogP contribution in [0.2, 0.25) is 0 Å². The third kappa shape index (κ3) is 6.23. The van der Waals surface area contributed by atoms with Crippen molar-refractivity contribution >= 4 is 28.4 Å². The average molecular weight is 449 g/mol. The fourth-order valence-corrected chi connectivity index (χ4v) is 3.49. The maximum atomic E-state index is 12.7. The number of Topliss-reactive ketones (excluding diaryl/α,β-unsaturated/α-hetero) is 1. The number of benzene rings is 2. The first-order valence-corrected chi connectivity index (χ1v) is 10.5. The van der Waals surface area contributed by atoms with Gasteiger partial charge in [-0.1, -0.05) is 91.0 Å². The molecule has 0 radical (unpaired) electrons. The summed E-state index contributed by atoms with van der Waals surface area (Å²) in [6.45, 7) is 6.85. The molecule has 0 aromatic heterocycles. The molecule has 2 nitrogen and oxygen atoms in total. The minimum absolute atomic E-state index is 0.0421. The zero-order valence-electron chi connectivity index (χ0n) is 15.3. The van der Waals surface area contributed by atoms with E-state index in [9.17, 15) is 4.79 Å². The van der Waals surface area contributed by atoms with E-state index in [4.69, 9.17) is 0 Å². The van der Waals surface area contributed by atoms with Crippen molar-refractivity contribution in [1.29, 1.82) is 0 Å². The Morgan fingerprint density at radius 2 is 1.60 bits per heavy atom. The second-order valence-electron chi connectivity index (χ2n) is 6.98. The van der Waals surface area contributed by atoms with E-state index in [1.165, 1.54) is 11.1 Å². The number of alkyl halides is 1. The molecule has 1 unspecified atom stereocenters. The highest BCUT2D eigenvalue weighted by Crippen LogP contribution is 2.22. The summed E-state index contributed by atoms with van der Waals surface area (Å²) >= 11 is 2.36. The Bertz CT molecular complexity index is 651. The Morgan fingerprint density at radius 1 is 0.960 bits per heavy atom. The highest BCUT2D eigenvalue weighted by Gasteiger charge is 2.23. The molecule has 3 heteroatoms. The molecule has 134 valence electrons. The summed E-state index contributed by atoms with van der Waals surface area (Å²) in [4.78, 5) is 12.7. The van der Waals surface area contributed by atoms with Crippen molar-refractivity contribution in [2.75, 3.05) is 6.54 Å². The third-order valence-corrected chi connectivity index (χ3v) is 5.38. The van der Waals surface area contributed by atoms with E-state index in [1.807, 2.05) is 19.9 Å². The first-order chi connectivity index (χ1) is 12.0. The fraction of sp³-hybridized carbons (Fsp3) is 0.409. The van der Waals surface area contributed by atoms with Crippen LogP contribution in [0.25, 0.3) is 0 Å². The lowest BCUT2D eigenvalue weighted by Gasteiger charge is -2.22. The highest BCUT2D eigenvalue weighted by molar-refractivity contribution is 14.1. The van der Waals surface area contributed by atoms with Crippen LogP contribution in [0.3, 0.4) is 0 Å². The summed E-state index contributed by atoms with van der Waals surface area (Å²) in [5.41, 5.74) is 3.73. The maximum Gasteiger partial charge on any atom is 0.144 e. The lowest BCUT2D eigenvalue weighted by Crippen LogP contribution is -2.35. The molecule has 0 heterocycles. The molecule has 25 heavy (non-hydrogen) atoms. The minimum atomic E-state index is -0.0820. The first-order valence-electron chi connectivity index (χ1n) is 8.97. The van der Waals surface area contributed by atoms with E-state index >= 15 is 0 Å². The van der Waals surface area contributed by atoms with Crippen molar-refractivity contribution in [3.05, 3.63) is 71.3 Å². The quantitative estimate of drug-likeness (QED) is 0.424. The fourth-order valence-electron chi connectivity index (χ4n) is 2.98. The summed E-state index contributed by atoms with van der Waals surface area (Å²) in [7, 11) is 0. The Hall–Kier alpha value is -1.20. The number of hydrogen-bond donors (Lipinski definition) is 1. The van der Waals surface area contributed by atoms with Crippen LogP contribution >= 0.6 is 22.6 Å². The van der Waals surface area contributed by atoms with Crippen molar-refractivity contribution in [3.8, 4) is 0 Å². The zero-order valence-corrected chi connectivity index (χ0v) is 17.5. The van der Waals surface area contributed by atoms with Crippen molar-refractivity contribution in [2.24, 2.45) is 5.92 Å². The number of carbonyl (C=O) groups excluding carboxylic acids is 1. The SMILES string of the molecule is CC(C)C(=O)C(CN[C@H](C)Cc1ccccc1)c1ccc(CI)cc1. The Balaban J connectivity index is 2.04. The summed E-state index contributed by atoms with van der Waals surface area (Å²) in [6, 6.07) is 19.3. The Morgan fingerprint density at radius 3 is 2.16 bits per heavy atom. The molecule has 0 amide bonds. The van der Waals surface area contributed by atoms with Gasteiger partial charge in [-0.05, 0) is 30.0 Å². The molecular weight excluding hydrogens is 421 g/mol. The van der Waals surface area contributed by atoms with Gasteiger partial charge in [0.1, 0.15) is 5.78 Å². The number of hydrogen-bond acceptors (Lipinski definition) is 2. The molecule has 2 aromatic rings. The molecule has 2 atom stereocenters. The molecule has 0 bridgehead atoms. The van der Waals surface area contributed by atoms with Crippen molar-refractivity contribution in [2.45, 2.75) is 43.6 Å². The van der Waals surface area contributed by atoms with Crippen LogP contribution in [-0.4, -0.2) is 18.4 Å². The zero-order chi connectivity index (χ0) is 18.2. The Labute approximate surface area is 165 Å². The maximum absolute atomic E-state index is 12.7. The van der Waals surface area contributed by atoms with Crippen LogP contribution in [-0.2, 0) is 15.6 Å². The van der Waals surface area contributed by atoms with E-state index in [0.717, 1.165) is 16.4 Å². The second kappa shape index (κ2) is 10.1. The average Bonchev–Trinajstić information content (AvgIpc) is 2.63. The van der Waals surface area contributed by atoms with E-state index in [0.29, 0.717) is 18.4 Å². The lowest BCUT2D eigenvalue weighted by molar-refractivity contribution is -0.123. The van der Waals surface area contributed by atoms with E-state index in [2.05, 4.69) is 83.4 Å². The van der Waals surface area contributed by atoms with Crippen LogP contribution in [0.5, 0.6) is 0 Å². The molecule has 1 N–H and O–H groups in total. The number of rotatable bonds is 9. The van der Waals surface area contributed by atoms with E-state index in [1.54, 1.807) is 0 Å². The number of ketones is 1. The number of nitrogens with one attached hydrogen (secondary N) is 1. The molecule has 2 rings (SSSR count). The lowest BCUT2D eigenvalue weighted by atomic mass is 9.88. The van der Waals surface area contributed by atoms with Gasteiger partial charge in [-0.2, -0.15) is 0 Å². The van der Waals surface area contributed by atoms with Gasteiger partial charge in [0.2, 0.25) is 0 Å². The largest absolute Gasteiger partial charge is 0.313 e. The number of carbonyl (C=O) groups is 1. The molecular formula is C22H28INO.